The summed E-state index contributed by atoms with van der Waals surface area (Å²) in [4.78, 5) is 14.6. The Hall–Kier alpha value is -1.47. The quantitative estimate of drug-likeness (QED) is 0.751. The molecule has 0 saturated carbocycles. The van der Waals surface area contributed by atoms with Crippen molar-refractivity contribution < 1.29 is 4.79 Å². The van der Waals surface area contributed by atoms with Crippen LogP contribution in [0.3, 0.4) is 0 Å². The van der Waals surface area contributed by atoms with Gasteiger partial charge in [0.2, 0.25) is 0 Å². The third-order valence-electron chi connectivity index (χ3n) is 2.24. The Labute approximate surface area is 100 Å². The van der Waals surface area contributed by atoms with E-state index in [9.17, 15) is 4.79 Å². The molecule has 0 unspecified atom stereocenters. The normalized spacial score (nSPS) is 9.56. The zero-order valence-electron chi connectivity index (χ0n) is 9.43. The molecular formula is C12H14N2OS. The summed E-state index contributed by atoms with van der Waals surface area (Å²) in [6, 6.07) is 9.54. The monoisotopic (exact) mass is 234 g/mol. The first kappa shape index (κ1) is 12.6. The van der Waals surface area contributed by atoms with Crippen LogP contribution in [0.15, 0.2) is 29.2 Å². The van der Waals surface area contributed by atoms with Crippen molar-refractivity contribution in [2.45, 2.75) is 11.3 Å². The van der Waals surface area contributed by atoms with Crippen molar-refractivity contribution in [3.63, 3.8) is 0 Å². The van der Waals surface area contributed by atoms with Gasteiger partial charge in [0.05, 0.1) is 18.1 Å². The predicted octanol–water partition coefficient (Wildman–Crippen LogP) is 2.39. The Bertz CT molecular complexity index is 412. The van der Waals surface area contributed by atoms with Gasteiger partial charge in [-0.15, -0.1) is 11.8 Å². The number of hydrogen-bond donors (Lipinski definition) is 0. The molecule has 0 aromatic heterocycles. The molecule has 0 atom stereocenters. The minimum atomic E-state index is -0.0276. The summed E-state index contributed by atoms with van der Waals surface area (Å²) < 4.78 is 0. The van der Waals surface area contributed by atoms with Gasteiger partial charge in [0.15, 0.2) is 0 Å². The minimum Gasteiger partial charge on any atom is -0.341 e. The van der Waals surface area contributed by atoms with E-state index in [0.717, 1.165) is 4.90 Å². The number of rotatable bonds is 4. The maximum absolute atomic E-state index is 12.0. The molecule has 0 N–H and O–H groups in total. The summed E-state index contributed by atoms with van der Waals surface area (Å²) in [7, 11) is 1.72. The number of hydrogen-bond acceptors (Lipinski definition) is 3. The van der Waals surface area contributed by atoms with Crippen molar-refractivity contribution in [2.75, 3.05) is 19.8 Å². The lowest BCUT2D eigenvalue weighted by atomic mass is 10.2. The van der Waals surface area contributed by atoms with Crippen molar-refractivity contribution in [3.8, 4) is 6.07 Å². The molecule has 0 aliphatic rings. The summed E-state index contributed by atoms with van der Waals surface area (Å²) in [5, 5.41) is 8.48. The van der Waals surface area contributed by atoms with Crippen LogP contribution in [0.2, 0.25) is 0 Å². The molecule has 1 aromatic carbocycles. The van der Waals surface area contributed by atoms with Gasteiger partial charge < -0.3 is 4.90 Å². The molecule has 0 aliphatic heterocycles. The standard InChI is InChI=1S/C12H14N2OS/c1-14(9-5-8-13)12(15)10-6-3-4-7-11(10)16-2/h3-4,6-7H,5,9H2,1-2H3. The molecule has 0 spiro atoms. The maximum atomic E-state index is 12.0. The van der Waals surface area contributed by atoms with E-state index in [2.05, 4.69) is 0 Å². The van der Waals surface area contributed by atoms with Gasteiger partial charge in [-0.1, -0.05) is 12.1 Å². The first-order valence-electron chi connectivity index (χ1n) is 4.96. The van der Waals surface area contributed by atoms with Gasteiger partial charge in [-0.05, 0) is 18.4 Å². The fourth-order valence-corrected chi connectivity index (χ4v) is 1.94. The fraction of sp³-hybridized carbons (Fsp3) is 0.333. The minimum absolute atomic E-state index is 0.0276. The highest BCUT2D eigenvalue weighted by Gasteiger charge is 2.14. The molecule has 1 rings (SSSR count). The second kappa shape index (κ2) is 6.19. The van der Waals surface area contributed by atoms with Gasteiger partial charge in [-0.2, -0.15) is 5.26 Å². The lowest BCUT2D eigenvalue weighted by Crippen LogP contribution is -2.27. The summed E-state index contributed by atoms with van der Waals surface area (Å²) in [6.07, 6.45) is 2.31. The van der Waals surface area contributed by atoms with E-state index in [1.807, 2.05) is 36.6 Å². The van der Waals surface area contributed by atoms with Crippen LogP contribution in [0.25, 0.3) is 0 Å². The first-order valence-corrected chi connectivity index (χ1v) is 6.18. The third-order valence-corrected chi connectivity index (χ3v) is 3.04. The number of thioether (sulfide) groups is 1. The van der Waals surface area contributed by atoms with Crippen molar-refractivity contribution in [2.24, 2.45) is 0 Å². The molecule has 0 bridgehead atoms. The molecule has 4 heteroatoms. The molecule has 0 heterocycles. The van der Waals surface area contributed by atoms with Gasteiger partial charge in [-0.25, -0.2) is 0 Å². The summed E-state index contributed by atoms with van der Waals surface area (Å²) >= 11 is 1.55. The van der Waals surface area contributed by atoms with Crippen LogP contribution < -0.4 is 0 Å². The highest BCUT2D eigenvalue weighted by molar-refractivity contribution is 7.98. The van der Waals surface area contributed by atoms with Gasteiger partial charge >= 0.3 is 0 Å². The van der Waals surface area contributed by atoms with E-state index in [1.165, 1.54) is 0 Å². The lowest BCUT2D eigenvalue weighted by molar-refractivity contribution is 0.0794. The highest BCUT2D eigenvalue weighted by Crippen LogP contribution is 2.20. The smallest absolute Gasteiger partial charge is 0.254 e. The fourth-order valence-electron chi connectivity index (χ4n) is 1.35. The molecule has 0 saturated heterocycles. The molecule has 16 heavy (non-hydrogen) atoms. The van der Waals surface area contributed by atoms with Gasteiger partial charge in [-0.3, -0.25) is 4.79 Å². The average molecular weight is 234 g/mol. The van der Waals surface area contributed by atoms with Crippen LogP contribution in [0, 0.1) is 11.3 Å². The largest absolute Gasteiger partial charge is 0.341 e. The average Bonchev–Trinajstić information content (AvgIpc) is 2.34. The van der Waals surface area contributed by atoms with Gasteiger partial charge in [0.25, 0.3) is 5.91 Å². The Morgan fingerprint density at radius 1 is 1.50 bits per heavy atom. The van der Waals surface area contributed by atoms with E-state index in [-0.39, 0.29) is 5.91 Å². The first-order chi connectivity index (χ1) is 7.70. The molecule has 1 aromatic rings. The Morgan fingerprint density at radius 3 is 2.81 bits per heavy atom. The summed E-state index contributed by atoms with van der Waals surface area (Å²) in [5.74, 6) is -0.0276. The van der Waals surface area contributed by atoms with Crippen LogP contribution in [0.1, 0.15) is 16.8 Å². The van der Waals surface area contributed by atoms with E-state index >= 15 is 0 Å². The number of nitriles is 1. The third kappa shape index (κ3) is 3.01. The molecule has 1 amide bonds. The van der Waals surface area contributed by atoms with Crippen molar-refractivity contribution in [1.29, 1.82) is 5.26 Å². The second-order valence-corrected chi connectivity index (χ2v) is 4.18. The van der Waals surface area contributed by atoms with Crippen molar-refractivity contribution in [1.82, 2.24) is 4.90 Å². The SMILES string of the molecule is CSc1ccccc1C(=O)N(C)CCC#N. The van der Waals surface area contributed by atoms with Crippen LogP contribution in [-0.4, -0.2) is 30.7 Å². The van der Waals surface area contributed by atoms with E-state index in [1.54, 1.807) is 23.7 Å². The zero-order valence-corrected chi connectivity index (χ0v) is 10.3. The number of benzene rings is 1. The van der Waals surface area contributed by atoms with Crippen molar-refractivity contribution in [3.05, 3.63) is 29.8 Å². The number of carbonyl (C=O) groups is 1. The molecule has 3 nitrogen and oxygen atoms in total. The Morgan fingerprint density at radius 2 is 2.19 bits per heavy atom. The second-order valence-electron chi connectivity index (χ2n) is 3.34. The van der Waals surface area contributed by atoms with Gasteiger partial charge in [0, 0.05) is 18.5 Å². The predicted molar refractivity (Wildman–Crippen MR) is 65.4 cm³/mol. The van der Waals surface area contributed by atoms with Crippen LogP contribution in [0.5, 0.6) is 0 Å². The molecule has 0 radical (unpaired) electrons. The molecule has 0 aliphatic carbocycles. The summed E-state index contributed by atoms with van der Waals surface area (Å²) in [6.45, 7) is 0.470. The Balaban J connectivity index is 2.83. The maximum Gasteiger partial charge on any atom is 0.254 e. The summed E-state index contributed by atoms with van der Waals surface area (Å²) in [5.41, 5.74) is 0.704. The van der Waals surface area contributed by atoms with E-state index in [4.69, 9.17) is 5.26 Å². The molecule has 84 valence electrons. The zero-order chi connectivity index (χ0) is 12.0. The topological polar surface area (TPSA) is 44.1 Å². The number of carbonyl (C=O) groups excluding carboxylic acids is 1. The lowest BCUT2D eigenvalue weighted by Gasteiger charge is -2.16. The number of amides is 1. The highest BCUT2D eigenvalue weighted by atomic mass is 32.2. The molecule has 0 fully saturated rings. The Kier molecular flexibility index (Phi) is 4.87. The van der Waals surface area contributed by atoms with Crippen LogP contribution in [-0.2, 0) is 0 Å². The van der Waals surface area contributed by atoms with E-state index in [0.29, 0.717) is 18.5 Å². The van der Waals surface area contributed by atoms with Crippen molar-refractivity contribution >= 4 is 17.7 Å². The molecular weight excluding hydrogens is 220 g/mol. The number of nitrogens with zero attached hydrogens (tertiary/aromatic N) is 2. The van der Waals surface area contributed by atoms with E-state index < -0.39 is 0 Å². The van der Waals surface area contributed by atoms with Gasteiger partial charge in [0.1, 0.15) is 0 Å². The van der Waals surface area contributed by atoms with Crippen LogP contribution in [0.4, 0.5) is 0 Å². The van der Waals surface area contributed by atoms with Crippen LogP contribution >= 0.6 is 11.8 Å².